The van der Waals surface area contributed by atoms with Gasteiger partial charge in [-0.3, -0.25) is 0 Å². The summed E-state index contributed by atoms with van der Waals surface area (Å²) in [5, 5.41) is 8.08. The number of hydrogen-bond donors (Lipinski definition) is 0. The van der Waals surface area contributed by atoms with Gasteiger partial charge in [0.1, 0.15) is 12.5 Å². The van der Waals surface area contributed by atoms with E-state index in [-0.39, 0.29) is 0 Å². The molecule has 0 bridgehead atoms. The van der Waals surface area contributed by atoms with Crippen molar-refractivity contribution in [2.45, 2.75) is 0 Å². The first-order valence-corrected chi connectivity index (χ1v) is 1.80. The first-order valence-electron chi connectivity index (χ1n) is 1.80. The van der Waals surface area contributed by atoms with Gasteiger partial charge in [-0.25, -0.2) is 4.90 Å². The van der Waals surface area contributed by atoms with Gasteiger partial charge in [0.2, 0.25) is 0 Å². The van der Waals surface area contributed by atoms with E-state index in [4.69, 9.17) is 5.26 Å². The summed E-state index contributed by atoms with van der Waals surface area (Å²) in [6.45, 7) is 0.316. The topological polar surface area (TPSA) is 36.3 Å². The molecule has 0 amide bonds. The lowest BCUT2D eigenvalue weighted by Gasteiger charge is -1.95. The number of rotatable bonds is 0. The van der Waals surface area contributed by atoms with Crippen LogP contribution in [0.2, 0.25) is 0 Å². The molecule has 3 heteroatoms. The Bertz CT molecular complexity index is 124. The lowest BCUT2D eigenvalue weighted by Crippen LogP contribution is -2.06. The molecule has 0 saturated heterocycles. The smallest absolute Gasteiger partial charge is 0.187 e. The van der Waals surface area contributed by atoms with Crippen LogP contribution in [-0.4, -0.2) is 11.6 Å². The van der Waals surface area contributed by atoms with E-state index >= 15 is 0 Å². The van der Waals surface area contributed by atoms with E-state index in [1.165, 1.54) is 11.2 Å². The first kappa shape index (κ1) is 4.00. The summed E-state index contributed by atoms with van der Waals surface area (Å²) in [6.07, 6.45) is 5.73. The van der Waals surface area contributed by atoms with Crippen molar-refractivity contribution in [2.24, 2.45) is 0 Å². The molecule has 35 valence electrons. The van der Waals surface area contributed by atoms with Crippen LogP contribution in [0.25, 0.3) is 0 Å². The van der Waals surface area contributed by atoms with Gasteiger partial charge in [-0.15, -0.1) is 0 Å². The zero-order valence-electron chi connectivity index (χ0n) is 3.59. The minimum atomic E-state index is 0.316. The van der Waals surface area contributed by atoms with Gasteiger partial charge in [-0.1, -0.05) is 0 Å². The monoisotopic (exact) mass is 95.0 g/mol. The molecule has 1 rings (SSSR count). The van der Waals surface area contributed by atoms with Crippen molar-refractivity contribution in [1.29, 1.82) is 5.26 Å². The van der Waals surface area contributed by atoms with Gasteiger partial charge in [0, 0.05) is 0 Å². The van der Waals surface area contributed by atoms with Gasteiger partial charge in [0.05, 0.1) is 0 Å². The molecular weight excluding hydrogens is 92.1 g/mol. The highest BCUT2D eigenvalue weighted by molar-refractivity contribution is 4.81. The van der Waals surface area contributed by atoms with Crippen molar-refractivity contribution < 1.29 is 4.74 Å². The standard InChI is InChI=1S/C4H3N2O/c5-3-6-1-2-7-4-6/h2H,4H2. The fraction of sp³-hybridized carbons (Fsp3) is 0.250. The van der Waals surface area contributed by atoms with Gasteiger partial charge in [-0.2, -0.15) is 5.26 Å². The fourth-order valence-corrected chi connectivity index (χ4v) is 0.308. The molecule has 1 radical (unpaired) electrons. The number of nitriles is 1. The summed E-state index contributed by atoms with van der Waals surface area (Å²) in [5.74, 6) is 0. The van der Waals surface area contributed by atoms with Crippen LogP contribution in [0.4, 0.5) is 0 Å². The number of hydrogen-bond acceptors (Lipinski definition) is 3. The number of nitrogens with zero attached hydrogens (tertiary/aromatic N) is 2. The van der Waals surface area contributed by atoms with Crippen LogP contribution in [0.5, 0.6) is 0 Å². The second kappa shape index (κ2) is 1.52. The van der Waals surface area contributed by atoms with Crippen molar-refractivity contribution in [3.8, 4) is 6.19 Å². The molecule has 0 aromatic heterocycles. The highest BCUT2D eigenvalue weighted by atomic mass is 16.5. The third-order valence-electron chi connectivity index (χ3n) is 0.616. The maximum atomic E-state index is 8.08. The largest absolute Gasteiger partial charge is 0.477 e. The number of ether oxygens (including phenoxy) is 1. The van der Waals surface area contributed by atoms with E-state index in [0.29, 0.717) is 6.73 Å². The zero-order chi connectivity index (χ0) is 5.11. The van der Waals surface area contributed by atoms with Crippen LogP contribution in [0.3, 0.4) is 0 Å². The predicted octanol–water partition coefficient (Wildman–Crippen LogP) is 0.0316. The molecule has 0 unspecified atom stereocenters. The Morgan fingerprint density at radius 2 is 2.86 bits per heavy atom. The summed E-state index contributed by atoms with van der Waals surface area (Å²) in [7, 11) is 0. The van der Waals surface area contributed by atoms with Gasteiger partial charge in [-0.05, 0) is 0 Å². The lowest BCUT2D eigenvalue weighted by atomic mass is 10.8. The zero-order valence-corrected chi connectivity index (χ0v) is 3.59. The molecule has 0 aliphatic carbocycles. The lowest BCUT2D eigenvalue weighted by molar-refractivity contribution is 0.207. The second-order valence-corrected chi connectivity index (χ2v) is 1.07. The van der Waals surface area contributed by atoms with E-state index in [0.717, 1.165) is 0 Å². The first-order chi connectivity index (χ1) is 3.43. The highest BCUT2D eigenvalue weighted by Gasteiger charge is 2.00. The fourth-order valence-electron chi connectivity index (χ4n) is 0.308. The Kier molecular flexibility index (Phi) is 0.868. The maximum absolute atomic E-state index is 8.08. The normalized spacial score (nSPS) is 16.1. The Morgan fingerprint density at radius 1 is 2.00 bits per heavy atom. The Balaban J connectivity index is 2.47. The minimum absolute atomic E-state index is 0.316. The van der Waals surface area contributed by atoms with E-state index < -0.39 is 0 Å². The van der Waals surface area contributed by atoms with Crippen molar-refractivity contribution >= 4 is 0 Å². The van der Waals surface area contributed by atoms with Crippen LogP contribution in [0.1, 0.15) is 0 Å². The molecule has 0 fully saturated rings. The molecule has 0 atom stereocenters. The summed E-state index contributed by atoms with van der Waals surface area (Å²) in [6, 6.07) is 0. The highest BCUT2D eigenvalue weighted by Crippen LogP contribution is 1.94. The van der Waals surface area contributed by atoms with Crippen molar-refractivity contribution in [1.82, 2.24) is 4.90 Å². The Labute approximate surface area is 41.4 Å². The molecule has 0 N–H and O–H groups in total. The maximum Gasteiger partial charge on any atom is 0.187 e. The van der Waals surface area contributed by atoms with Crippen LogP contribution in [0, 0.1) is 17.7 Å². The van der Waals surface area contributed by atoms with Gasteiger partial charge in [0.25, 0.3) is 0 Å². The summed E-state index contributed by atoms with van der Waals surface area (Å²) < 4.78 is 4.62. The average molecular weight is 95.1 g/mol. The van der Waals surface area contributed by atoms with Gasteiger partial charge < -0.3 is 4.74 Å². The molecule has 0 aromatic carbocycles. The third kappa shape index (κ3) is 0.631. The van der Waals surface area contributed by atoms with E-state index in [1.54, 1.807) is 0 Å². The van der Waals surface area contributed by atoms with Crippen molar-refractivity contribution in [3.05, 3.63) is 12.5 Å². The Morgan fingerprint density at radius 3 is 3.14 bits per heavy atom. The van der Waals surface area contributed by atoms with Crippen LogP contribution >= 0.6 is 0 Å². The Hall–Kier alpha value is -1.17. The SMILES string of the molecule is N#CN1[C]=COC1. The van der Waals surface area contributed by atoms with Gasteiger partial charge in [0.15, 0.2) is 12.9 Å². The molecule has 1 aliphatic rings. The summed E-state index contributed by atoms with van der Waals surface area (Å²) in [5.41, 5.74) is 0. The third-order valence-corrected chi connectivity index (χ3v) is 0.616. The minimum Gasteiger partial charge on any atom is -0.477 e. The molecule has 7 heavy (non-hydrogen) atoms. The van der Waals surface area contributed by atoms with Crippen molar-refractivity contribution in [3.63, 3.8) is 0 Å². The predicted molar refractivity (Wildman–Crippen MR) is 21.2 cm³/mol. The van der Waals surface area contributed by atoms with Crippen LogP contribution in [-0.2, 0) is 4.74 Å². The summed E-state index contributed by atoms with van der Waals surface area (Å²) in [4.78, 5) is 1.26. The quantitative estimate of drug-likeness (QED) is 0.398. The van der Waals surface area contributed by atoms with E-state index in [2.05, 4.69) is 10.9 Å². The van der Waals surface area contributed by atoms with E-state index in [9.17, 15) is 0 Å². The molecule has 0 aromatic rings. The second-order valence-electron chi connectivity index (χ2n) is 1.07. The molecule has 0 spiro atoms. The van der Waals surface area contributed by atoms with Gasteiger partial charge >= 0.3 is 0 Å². The molecule has 3 nitrogen and oxygen atoms in total. The summed E-state index contributed by atoms with van der Waals surface area (Å²) >= 11 is 0. The molecule has 1 aliphatic heterocycles. The van der Waals surface area contributed by atoms with Crippen LogP contribution in [0.15, 0.2) is 6.26 Å². The average Bonchev–Trinajstić information content (AvgIpc) is 2.14. The molecule has 0 saturated carbocycles. The van der Waals surface area contributed by atoms with Crippen LogP contribution < -0.4 is 0 Å². The molecule has 1 heterocycles. The van der Waals surface area contributed by atoms with E-state index in [1.807, 2.05) is 6.19 Å². The van der Waals surface area contributed by atoms with Crippen molar-refractivity contribution in [2.75, 3.05) is 6.73 Å². The molecular formula is C4H3N2O.